The molecule has 0 saturated carbocycles. The van der Waals surface area contributed by atoms with E-state index in [9.17, 15) is 0 Å². The van der Waals surface area contributed by atoms with E-state index in [0.717, 1.165) is 28.8 Å². The molecule has 0 radical (unpaired) electrons. The SMILES string of the molecule is Cc1cccc(CN(C)c2cc(Br)ccc2CC(C)N)n1. The van der Waals surface area contributed by atoms with Crippen LogP contribution < -0.4 is 10.6 Å². The Balaban J connectivity index is 2.25. The number of aromatic nitrogens is 1. The predicted molar refractivity (Wildman–Crippen MR) is 92.6 cm³/mol. The first-order chi connectivity index (χ1) is 9.95. The highest BCUT2D eigenvalue weighted by Gasteiger charge is 2.11. The Bertz CT molecular complexity index is 611. The first kappa shape index (κ1) is 16.0. The van der Waals surface area contributed by atoms with Crippen LogP contribution in [0.25, 0.3) is 0 Å². The number of halogens is 1. The second kappa shape index (κ2) is 7.05. The van der Waals surface area contributed by atoms with Crippen molar-refractivity contribution in [3.05, 3.63) is 57.8 Å². The summed E-state index contributed by atoms with van der Waals surface area (Å²) in [6.07, 6.45) is 0.869. The molecule has 3 nitrogen and oxygen atoms in total. The van der Waals surface area contributed by atoms with E-state index in [1.165, 1.54) is 11.3 Å². The zero-order valence-corrected chi connectivity index (χ0v) is 14.4. The quantitative estimate of drug-likeness (QED) is 0.896. The van der Waals surface area contributed by atoms with Crippen LogP contribution in [0.3, 0.4) is 0 Å². The predicted octanol–water partition coefficient (Wildman–Crippen LogP) is 3.68. The molecule has 1 aromatic carbocycles. The lowest BCUT2D eigenvalue weighted by molar-refractivity contribution is 0.733. The van der Waals surface area contributed by atoms with E-state index in [-0.39, 0.29) is 6.04 Å². The molecule has 0 aliphatic carbocycles. The minimum Gasteiger partial charge on any atom is -0.368 e. The number of benzene rings is 1. The van der Waals surface area contributed by atoms with Gasteiger partial charge < -0.3 is 10.6 Å². The van der Waals surface area contributed by atoms with Gasteiger partial charge in [-0.15, -0.1) is 0 Å². The van der Waals surface area contributed by atoms with Gasteiger partial charge in [0.2, 0.25) is 0 Å². The molecule has 2 aromatic rings. The molecule has 0 saturated heterocycles. The standard InChI is InChI=1S/C17H22BrN3/c1-12(19)9-14-7-8-15(18)10-17(14)21(3)11-16-6-4-5-13(2)20-16/h4-8,10,12H,9,11,19H2,1-3H3. The van der Waals surface area contributed by atoms with Crippen molar-refractivity contribution in [3.8, 4) is 0 Å². The van der Waals surface area contributed by atoms with E-state index in [1.54, 1.807) is 0 Å². The summed E-state index contributed by atoms with van der Waals surface area (Å²) in [6.45, 7) is 4.84. The number of rotatable bonds is 5. The average molecular weight is 348 g/mol. The number of pyridine rings is 1. The van der Waals surface area contributed by atoms with Crippen molar-refractivity contribution in [1.82, 2.24) is 4.98 Å². The number of nitrogens with zero attached hydrogens (tertiary/aromatic N) is 2. The molecular weight excluding hydrogens is 326 g/mol. The van der Waals surface area contributed by atoms with Gasteiger partial charge in [-0.25, -0.2) is 0 Å². The fourth-order valence-electron chi connectivity index (χ4n) is 2.43. The Morgan fingerprint density at radius 1 is 1.29 bits per heavy atom. The third kappa shape index (κ3) is 4.55. The van der Waals surface area contributed by atoms with E-state index in [0.29, 0.717) is 0 Å². The highest BCUT2D eigenvalue weighted by atomic mass is 79.9. The number of anilines is 1. The van der Waals surface area contributed by atoms with E-state index < -0.39 is 0 Å². The summed E-state index contributed by atoms with van der Waals surface area (Å²) < 4.78 is 1.08. The summed E-state index contributed by atoms with van der Waals surface area (Å²) in [6, 6.07) is 12.6. The lowest BCUT2D eigenvalue weighted by Gasteiger charge is -2.23. The monoisotopic (exact) mass is 347 g/mol. The topological polar surface area (TPSA) is 42.1 Å². The molecule has 0 amide bonds. The maximum absolute atomic E-state index is 5.96. The Morgan fingerprint density at radius 2 is 2.05 bits per heavy atom. The maximum atomic E-state index is 5.96. The van der Waals surface area contributed by atoms with E-state index in [1.807, 2.05) is 19.9 Å². The van der Waals surface area contributed by atoms with E-state index >= 15 is 0 Å². The highest BCUT2D eigenvalue weighted by molar-refractivity contribution is 9.10. The first-order valence-corrected chi connectivity index (χ1v) is 7.92. The zero-order chi connectivity index (χ0) is 15.4. The number of hydrogen-bond acceptors (Lipinski definition) is 3. The van der Waals surface area contributed by atoms with Gasteiger partial charge in [0, 0.05) is 28.9 Å². The van der Waals surface area contributed by atoms with E-state index in [2.05, 4.69) is 63.2 Å². The average Bonchev–Trinajstić information content (AvgIpc) is 2.40. The van der Waals surface area contributed by atoms with Crippen molar-refractivity contribution in [2.24, 2.45) is 5.73 Å². The summed E-state index contributed by atoms with van der Waals surface area (Å²) in [5.74, 6) is 0. The van der Waals surface area contributed by atoms with Crippen molar-refractivity contribution in [2.45, 2.75) is 32.9 Å². The minimum atomic E-state index is 0.149. The molecule has 0 bridgehead atoms. The summed E-state index contributed by atoms with van der Waals surface area (Å²) in [5, 5.41) is 0. The van der Waals surface area contributed by atoms with Crippen LogP contribution in [0.4, 0.5) is 5.69 Å². The second-order valence-corrected chi connectivity index (χ2v) is 6.50. The minimum absolute atomic E-state index is 0.149. The molecule has 2 N–H and O–H groups in total. The number of nitrogens with two attached hydrogens (primary N) is 1. The van der Waals surface area contributed by atoms with Gasteiger partial charge in [0.15, 0.2) is 0 Å². The van der Waals surface area contributed by atoms with Crippen LogP contribution in [0.2, 0.25) is 0 Å². The summed E-state index contributed by atoms with van der Waals surface area (Å²) in [5.41, 5.74) is 10.5. The van der Waals surface area contributed by atoms with Crippen molar-refractivity contribution in [2.75, 3.05) is 11.9 Å². The van der Waals surface area contributed by atoms with E-state index in [4.69, 9.17) is 5.73 Å². The lowest BCUT2D eigenvalue weighted by Crippen LogP contribution is -2.22. The molecule has 2 rings (SSSR count). The van der Waals surface area contributed by atoms with Crippen LogP contribution in [0, 0.1) is 6.92 Å². The Kier molecular flexibility index (Phi) is 5.37. The Hall–Kier alpha value is -1.39. The molecular formula is C17H22BrN3. The van der Waals surface area contributed by atoms with Gasteiger partial charge in [0.05, 0.1) is 12.2 Å². The molecule has 1 atom stereocenters. The molecule has 1 heterocycles. The van der Waals surface area contributed by atoms with Crippen molar-refractivity contribution < 1.29 is 0 Å². The van der Waals surface area contributed by atoms with Crippen molar-refractivity contribution >= 4 is 21.6 Å². The van der Waals surface area contributed by atoms with Gasteiger partial charge in [-0.2, -0.15) is 0 Å². The van der Waals surface area contributed by atoms with Crippen molar-refractivity contribution in [1.29, 1.82) is 0 Å². The van der Waals surface area contributed by atoms with Crippen LogP contribution >= 0.6 is 15.9 Å². The molecule has 0 aliphatic rings. The van der Waals surface area contributed by atoms with Gasteiger partial charge in [0.25, 0.3) is 0 Å². The maximum Gasteiger partial charge on any atom is 0.0600 e. The van der Waals surface area contributed by atoms with Gasteiger partial charge in [-0.1, -0.05) is 28.1 Å². The van der Waals surface area contributed by atoms with Gasteiger partial charge in [0.1, 0.15) is 0 Å². The molecule has 0 aliphatic heterocycles. The molecule has 1 aromatic heterocycles. The van der Waals surface area contributed by atoms with Crippen LogP contribution in [-0.4, -0.2) is 18.1 Å². The Morgan fingerprint density at radius 3 is 2.71 bits per heavy atom. The van der Waals surface area contributed by atoms with Crippen LogP contribution in [0.15, 0.2) is 40.9 Å². The second-order valence-electron chi connectivity index (χ2n) is 5.58. The molecule has 0 fully saturated rings. The Labute approximate surface area is 135 Å². The van der Waals surface area contributed by atoms with Crippen molar-refractivity contribution in [3.63, 3.8) is 0 Å². The largest absolute Gasteiger partial charge is 0.368 e. The lowest BCUT2D eigenvalue weighted by atomic mass is 10.0. The van der Waals surface area contributed by atoms with Gasteiger partial charge in [-0.05, 0) is 50.1 Å². The zero-order valence-electron chi connectivity index (χ0n) is 12.8. The highest BCUT2D eigenvalue weighted by Crippen LogP contribution is 2.26. The fourth-order valence-corrected chi connectivity index (χ4v) is 2.78. The molecule has 112 valence electrons. The van der Waals surface area contributed by atoms with Crippen LogP contribution in [0.1, 0.15) is 23.9 Å². The number of hydrogen-bond donors (Lipinski definition) is 1. The van der Waals surface area contributed by atoms with Gasteiger partial charge in [-0.3, -0.25) is 4.98 Å². The van der Waals surface area contributed by atoms with Crippen LogP contribution in [0.5, 0.6) is 0 Å². The third-order valence-corrected chi connectivity index (χ3v) is 3.84. The van der Waals surface area contributed by atoms with Crippen LogP contribution in [-0.2, 0) is 13.0 Å². The molecule has 0 spiro atoms. The summed E-state index contributed by atoms with van der Waals surface area (Å²) in [7, 11) is 2.09. The first-order valence-electron chi connectivity index (χ1n) is 7.13. The number of aryl methyl sites for hydroxylation is 1. The molecule has 4 heteroatoms. The smallest absolute Gasteiger partial charge is 0.0600 e. The van der Waals surface area contributed by atoms with Gasteiger partial charge >= 0.3 is 0 Å². The summed E-state index contributed by atoms with van der Waals surface area (Å²) >= 11 is 3.55. The summed E-state index contributed by atoms with van der Waals surface area (Å²) in [4.78, 5) is 6.80. The fraction of sp³-hybridized carbons (Fsp3) is 0.353. The molecule has 21 heavy (non-hydrogen) atoms. The molecule has 1 unspecified atom stereocenters. The normalized spacial score (nSPS) is 12.2. The third-order valence-electron chi connectivity index (χ3n) is 3.35.